The molecule has 1 aromatic carbocycles. The highest BCUT2D eigenvalue weighted by Crippen LogP contribution is 2.33. The van der Waals surface area contributed by atoms with Crippen molar-refractivity contribution in [2.45, 2.75) is 0 Å². The van der Waals surface area contributed by atoms with Crippen LogP contribution in [0.5, 0.6) is 0 Å². The topological polar surface area (TPSA) is 25.8 Å². The summed E-state index contributed by atoms with van der Waals surface area (Å²) < 4.78 is 1.00. The second kappa shape index (κ2) is 4.26. The molecule has 82 valence electrons. The fourth-order valence-electron chi connectivity index (χ4n) is 1.93. The fourth-order valence-corrected chi connectivity index (χ4v) is 2.47. The third-order valence-corrected chi connectivity index (χ3v) is 3.30. The quantitative estimate of drug-likeness (QED) is 0.673. The maximum Gasteiger partial charge on any atom is 0.0709 e. The Balaban J connectivity index is 2.39. The van der Waals surface area contributed by atoms with Crippen molar-refractivity contribution < 1.29 is 0 Å². The van der Waals surface area contributed by atoms with Crippen LogP contribution in [0, 0.1) is 0 Å². The molecular formula is C14H9BrN2. The largest absolute Gasteiger partial charge is 0.265 e. The van der Waals surface area contributed by atoms with E-state index < -0.39 is 0 Å². The first-order chi connectivity index (χ1) is 8.36. The lowest BCUT2D eigenvalue weighted by atomic mass is 10.0. The summed E-state index contributed by atoms with van der Waals surface area (Å²) in [5.41, 5.74) is 3.31. The number of para-hydroxylation sites is 1. The highest BCUT2D eigenvalue weighted by atomic mass is 79.9. The van der Waals surface area contributed by atoms with Crippen LogP contribution in [0.4, 0.5) is 0 Å². The Kier molecular flexibility index (Phi) is 2.61. The van der Waals surface area contributed by atoms with Crippen LogP contribution in [0.2, 0.25) is 0 Å². The Labute approximate surface area is 107 Å². The van der Waals surface area contributed by atoms with Crippen LogP contribution in [0.3, 0.4) is 0 Å². The standard InChI is InChI=1S/C14H9BrN2/c15-12-9-17-13-4-2-1-3-11(13)14(12)10-5-7-16-8-6-10/h1-9H. The second-order valence-corrected chi connectivity index (χ2v) is 4.59. The predicted molar refractivity (Wildman–Crippen MR) is 72.7 cm³/mol. The molecule has 0 N–H and O–H groups in total. The van der Waals surface area contributed by atoms with Gasteiger partial charge in [0.2, 0.25) is 0 Å². The zero-order valence-electron chi connectivity index (χ0n) is 8.97. The number of aromatic nitrogens is 2. The van der Waals surface area contributed by atoms with Crippen LogP contribution < -0.4 is 0 Å². The van der Waals surface area contributed by atoms with Crippen molar-refractivity contribution in [3.8, 4) is 11.1 Å². The molecule has 0 atom stereocenters. The third-order valence-electron chi connectivity index (χ3n) is 2.70. The van der Waals surface area contributed by atoms with Gasteiger partial charge in [0.25, 0.3) is 0 Å². The van der Waals surface area contributed by atoms with Crippen LogP contribution in [0.25, 0.3) is 22.0 Å². The Morgan fingerprint density at radius 3 is 2.53 bits per heavy atom. The molecule has 0 fully saturated rings. The number of halogens is 1. The molecule has 0 saturated carbocycles. The van der Waals surface area contributed by atoms with E-state index in [1.165, 1.54) is 0 Å². The molecular weight excluding hydrogens is 276 g/mol. The van der Waals surface area contributed by atoms with Crippen LogP contribution in [-0.2, 0) is 0 Å². The van der Waals surface area contributed by atoms with Crippen molar-refractivity contribution in [1.29, 1.82) is 0 Å². The number of hydrogen-bond donors (Lipinski definition) is 0. The number of benzene rings is 1. The molecule has 17 heavy (non-hydrogen) atoms. The number of fused-ring (bicyclic) bond motifs is 1. The molecule has 0 unspecified atom stereocenters. The number of nitrogens with zero attached hydrogens (tertiary/aromatic N) is 2. The number of pyridine rings is 2. The summed E-state index contributed by atoms with van der Waals surface area (Å²) in [5.74, 6) is 0. The van der Waals surface area contributed by atoms with E-state index >= 15 is 0 Å². The predicted octanol–water partition coefficient (Wildman–Crippen LogP) is 4.06. The third kappa shape index (κ3) is 1.83. The molecule has 2 heterocycles. The average Bonchev–Trinajstić information content (AvgIpc) is 2.39. The summed E-state index contributed by atoms with van der Waals surface area (Å²) in [4.78, 5) is 8.45. The molecule has 3 rings (SSSR count). The van der Waals surface area contributed by atoms with Gasteiger partial charge in [0.15, 0.2) is 0 Å². The van der Waals surface area contributed by atoms with E-state index in [1.807, 2.05) is 36.5 Å². The summed E-state index contributed by atoms with van der Waals surface area (Å²) in [6, 6.07) is 12.1. The molecule has 2 aromatic heterocycles. The monoisotopic (exact) mass is 284 g/mol. The van der Waals surface area contributed by atoms with E-state index in [0.29, 0.717) is 0 Å². The first-order valence-corrected chi connectivity index (χ1v) is 6.09. The van der Waals surface area contributed by atoms with Crippen LogP contribution >= 0.6 is 15.9 Å². The van der Waals surface area contributed by atoms with Gasteiger partial charge >= 0.3 is 0 Å². The molecule has 0 aliphatic rings. The van der Waals surface area contributed by atoms with Gasteiger partial charge in [-0.2, -0.15) is 0 Å². The molecule has 0 bridgehead atoms. The van der Waals surface area contributed by atoms with Crippen LogP contribution in [0.1, 0.15) is 0 Å². The SMILES string of the molecule is Brc1cnc2ccccc2c1-c1ccncc1. The van der Waals surface area contributed by atoms with Crippen molar-refractivity contribution in [3.63, 3.8) is 0 Å². The van der Waals surface area contributed by atoms with Gasteiger partial charge in [-0.1, -0.05) is 18.2 Å². The lowest BCUT2D eigenvalue weighted by Gasteiger charge is -2.08. The fraction of sp³-hybridized carbons (Fsp3) is 0. The van der Waals surface area contributed by atoms with E-state index in [0.717, 1.165) is 26.5 Å². The molecule has 0 aliphatic carbocycles. The van der Waals surface area contributed by atoms with E-state index in [9.17, 15) is 0 Å². The normalized spacial score (nSPS) is 10.6. The molecule has 0 saturated heterocycles. The van der Waals surface area contributed by atoms with Crippen molar-refractivity contribution in [2.24, 2.45) is 0 Å². The van der Waals surface area contributed by atoms with Crippen molar-refractivity contribution >= 4 is 26.8 Å². The molecule has 0 aliphatic heterocycles. The Hall–Kier alpha value is -1.74. The zero-order chi connectivity index (χ0) is 11.7. The first kappa shape index (κ1) is 10.4. The molecule has 3 aromatic rings. The van der Waals surface area contributed by atoms with Crippen LogP contribution in [-0.4, -0.2) is 9.97 Å². The second-order valence-electron chi connectivity index (χ2n) is 3.73. The highest BCUT2D eigenvalue weighted by molar-refractivity contribution is 9.10. The first-order valence-electron chi connectivity index (χ1n) is 5.30. The van der Waals surface area contributed by atoms with Gasteiger partial charge < -0.3 is 0 Å². The Bertz CT molecular complexity index is 665. The van der Waals surface area contributed by atoms with Gasteiger partial charge in [0.05, 0.1) is 5.52 Å². The smallest absolute Gasteiger partial charge is 0.0709 e. The number of hydrogen-bond acceptors (Lipinski definition) is 2. The maximum atomic E-state index is 4.40. The average molecular weight is 285 g/mol. The summed E-state index contributed by atoms with van der Waals surface area (Å²) in [7, 11) is 0. The minimum Gasteiger partial charge on any atom is -0.265 e. The Morgan fingerprint density at radius 2 is 1.71 bits per heavy atom. The van der Waals surface area contributed by atoms with Gasteiger partial charge in [-0.3, -0.25) is 9.97 Å². The van der Waals surface area contributed by atoms with Crippen molar-refractivity contribution in [3.05, 3.63) is 59.5 Å². The molecule has 2 nitrogen and oxygen atoms in total. The van der Waals surface area contributed by atoms with Crippen molar-refractivity contribution in [2.75, 3.05) is 0 Å². The maximum absolute atomic E-state index is 4.40. The lowest BCUT2D eigenvalue weighted by molar-refractivity contribution is 1.32. The van der Waals surface area contributed by atoms with Crippen LogP contribution in [0.15, 0.2) is 59.5 Å². The van der Waals surface area contributed by atoms with Gasteiger partial charge in [-0.25, -0.2) is 0 Å². The molecule has 0 amide bonds. The van der Waals surface area contributed by atoms with Gasteiger partial charge in [-0.15, -0.1) is 0 Å². The molecule has 0 spiro atoms. The summed E-state index contributed by atoms with van der Waals surface area (Å²) in [6.07, 6.45) is 5.45. The minimum atomic E-state index is 1.00. The van der Waals surface area contributed by atoms with Gasteiger partial charge in [-0.05, 0) is 39.7 Å². The van der Waals surface area contributed by atoms with E-state index in [2.05, 4.69) is 32.0 Å². The summed E-state index contributed by atoms with van der Waals surface area (Å²) in [6.45, 7) is 0. The van der Waals surface area contributed by atoms with Crippen molar-refractivity contribution in [1.82, 2.24) is 9.97 Å². The summed E-state index contributed by atoms with van der Waals surface area (Å²) in [5, 5.41) is 1.15. The van der Waals surface area contributed by atoms with Gasteiger partial charge in [0, 0.05) is 34.0 Å². The van der Waals surface area contributed by atoms with E-state index in [4.69, 9.17) is 0 Å². The number of rotatable bonds is 1. The molecule has 0 radical (unpaired) electrons. The molecule has 3 heteroatoms. The lowest BCUT2D eigenvalue weighted by Crippen LogP contribution is -1.86. The van der Waals surface area contributed by atoms with E-state index in [1.54, 1.807) is 12.4 Å². The van der Waals surface area contributed by atoms with E-state index in [-0.39, 0.29) is 0 Å². The minimum absolute atomic E-state index is 1.00. The highest BCUT2D eigenvalue weighted by Gasteiger charge is 2.08. The summed E-state index contributed by atoms with van der Waals surface area (Å²) >= 11 is 3.57. The Morgan fingerprint density at radius 1 is 0.941 bits per heavy atom. The zero-order valence-corrected chi connectivity index (χ0v) is 10.6. The van der Waals surface area contributed by atoms with Gasteiger partial charge in [0.1, 0.15) is 0 Å².